The minimum atomic E-state index is 0.650. The van der Waals surface area contributed by atoms with Crippen molar-refractivity contribution in [1.82, 2.24) is 0 Å². The number of hydrogen-bond donors (Lipinski definition) is 0. The highest BCUT2D eigenvalue weighted by Gasteiger charge is 2.55. The number of rotatable bonds is 4. The van der Waals surface area contributed by atoms with Gasteiger partial charge in [-0.15, -0.1) is 6.58 Å². The first-order chi connectivity index (χ1) is 7.11. The summed E-state index contributed by atoms with van der Waals surface area (Å²) in [4.78, 5) is 0. The molecule has 3 aliphatic carbocycles. The van der Waals surface area contributed by atoms with Crippen LogP contribution in [0.3, 0.4) is 0 Å². The minimum Gasteiger partial charge on any atom is -0.103 e. The summed E-state index contributed by atoms with van der Waals surface area (Å²) in [5.41, 5.74) is 0.650. The normalized spacial score (nSPS) is 39.3. The maximum atomic E-state index is 3.92. The van der Waals surface area contributed by atoms with E-state index in [2.05, 4.69) is 33.4 Å². The van der Waals surface area contributed by atoms with Crippen LogP contribution in [-0.2, 0) is 0 Å². The highest BCUT2D eigenvalue weighted by atomic mass is 14.6. The van der Waals surface area contributed by atoms with Crippen LogP contribution >= 0.6 is 0 Å². The van der Waals surface area contributed by atoms with Crippen LogP contribution in [0.25, 0.3) is 0 Å². The lowest BCUT2D eigenvalue weighted by Crippen LogP contribution is -2.53. The van der Waals surface area contributed by atoms with Gasteiger partial charge in [-0.3, -0.25) is 0 Å². The van der Waals surface area contributed by atoms with Crippen molar-refractivity contribution in [3.05, 3.63) is 12.7 Å². The predicted octanol–water partition coefficient (Wildman–Crippen LogP) is 4.66. The molecule has 0 aromatic carbocycles. The molecule has 3 rings (SSSR count). The summed E-state index contributed by atoms with van der Waals surface area (Å²) in [5.74, 6) is 3.96. The fraction of sp³-hybridized carbons (Fsp3) is 0.867. The standard InChI is InChI=1S/C15H26/c1-5-7-11(6-2)13-9-8-12-10-14(13)15(12,3)4/h5,11-14H,1,6-10H2,2-4H3. The molecule has 0 saturated heterocycles. The summed E-state index contributed by atoms with van der Waals surface area (Å²) >= 11 is 0. The molecule has 0 aromatic heterocycles. The number of allylic oxidation sites excluding steroid dienone is 1. The van der Waals surface area contributed by atoms with Crippen LogP contribution in [0.2, 0.25) is 0 Å². The SMILES string of the molecule is C=CCC(CC)C1CCC2CC1C2(C)C. The second-order valence-corrected chi connectivity index (χ2v) is 6.29. The Kier molecular flexibility index (Phi) is 2.96. The third kappa shape index (κ3) is 1.66. The quantitative estimate of drug-likeness (QED) is 0.587. The molecule has 0 nitrogen and oxygen atoms in total. The van der Waals surface area contributed by atoms with Gasteiger partial charge in [-0.1, -0.05) is 33.3 Å². The maximum Gasteiger partial charge on any atom is -0.0295 e. The summed E-state index contributed by atoms with van der Waals surface area (Å²) in [7, 11) is 0. The van der Waals surface area contributed by atoms with Gasteiger partial charge < -0.3 is 0 Å². The van der Waals surface area contributed by atoms with Crippen LogP contribution in [0, 0.1) is 29.1 Å². The van der Waals surface area contributed by atoms with Crippen molar-refractivity contribution in [3.63, 3.8) is 0 Å². The van der Waals surface area contributed by atoms with E-state index in [0.717, 1.165) is 23.7 Å². The Balaban J connectivity index is 2.06. The molecule has 3 saturated carbocycles. The minimum absolute atomic E-state index is 0.650. The highest BCUT2D eigenvalue weighted by molar-refractivity contribution is 5.04. The first-order valence-electron chi connectivity index (χ1n) is 6.72. The smallest absolute Gasteiger partial charge is 0.0295 e. The Morgan fingerprint density at radius 2 is 2.13 bits per heavy atom. The van der Waals surface area contributed by atoms with E-state index in [4.69, 9.17) is 0 Å². The second kappa shape index (κ2) is 3.96. The molecule has 15 heavy (non-hydrogen) atoms. The molecule has 0 aliphatic heterocycles. The number of fused-ring (bicyclic) bond motifs is 2. The Morgan fingerprint density at radius 3 is 2.60 bits per heavy atom. The Labute approximate surface area is 95.1 Å². The van der Waals surface area contributed by atoms with E-state index < -0.39 is 0 Å². The summed E-state index contributed by atoms with van der Waals surface area (Å²) in [5, 5.41) is 0. The van der Waals surface area contributed by atoms with Gasteiger partial charge in [-0.2, -0.15) is 0 Å². The molecule has 3 fully saturated rings. The molecular weight excluding hydrogens is 180 g/mol. The lowest BCUT2D eigenvalue weighted by Gasteiger charge is -2.61. The molecule has 2 bridgehead atoms. The summed E-state index contributed by atoms with van der Waals surface area (Å²) < 4.78 is 0. The van der Waals surface area contributed by atoms with Gasteiger partial charge in [0.05, 0.1) is 0 Å². The average molecular weight is 206 g/mol. The zero-order valence-corrected chi connectivity index (χ0v) is 10.6. The lowest BCUT2D eigenvalue weighted by atomic mass is 9.44. The first kappa shape index (κ1) is 11.2. The van der Waals surface area contributed by atoms with Gasteiger partial charge in [0.2, 0.25) is 0 Å². The second-order valence-electron chi connectivity index (χ2n) is 6.29. The maximum absolute atomic E-state index is 3.92. The number of hydrogen-bond acceptors (Lipinski definition) is 0. The van der Waals surface area contributed by atoms with E-state index >= 15 is 0 Å². The van der Waals surface area contributed by atoms with Crippen LogP contribution in [0.5, 0.6) is 0 Å². The molecule has 0 spiro atoms. The van der Waals surface area contributed by atoms with Crippen molar-refractivity contribution < 1.29 is 0 Å². The van der Waals surface area contributed by atoms with Crippen molar-refractivity contribution >= 4 is 0 Å². The van der Waals surface area contributed by atoms with E-state index in [1.807, 2.05) is 0 Å². The summed E-state index contributed by atoms with van der Waals surface area (Å²) in [6.07, 6.45) is 9.20. The van der Waals surface area contributed by atoms with E-state index in [-0.39, 0.29) is 0 Å². The Morgan fingerprint density at radius 1 is 1.40 bits per heavy atom. The molecule has 0 heterocycles. The van der Waals surface area contributed by atoms with Crippen molar-refractivity contribution in [3.8, 4) is 0 Å². The van der Waals surface area contributed by atoms with Crippen molar-refractivity contribution in [1.29, 1.82) is 0 Å². The van der Waals surface area contributed by atoms with Crippen molar-refractivity contribution in [2.24, 2.45) is 29.1 Å². The van der Waals surface area contributed by atoms with Crippen molar-refractivity contribution in [2.45, 2.75) is 52.9 Å². The van der Waals surface area contributed by atoms with Crippen LogP contribution in [0.4, 0.5) is 0 Å². The van der Waals surface area contributed by atoms with Gasteiger partial charge in [0.1, 0.15) is 0 Å². The third-order valence-corrected chi connectivity index (χ3v) is 5.51. The molecule has 3 aliphatic rings. The highest BCUT2D eigenvalue weighted by Crippen LogP contribution is 2.63. The van der Waals surface area contributed by atoms with Crippen LogP contribution in [-0.4, -0.2) is 0 Å². The molecule has 0 radical (unpaired) electrons. The topological polar surface area (TPSA) is 0 Å². The predicted molar refractivity (Wildman–Crippen MR) is 66.7 cm³/mol. The Bertz CT molecular complexity index is 236. The molecule has 0 N–H and O–H groups in total. The molecule has 86 valence electrons. The van der Waals surface area contributed by atoms with E-state index in [1.165, 1.54) is 32.1 Å². The van der Waals surface area contributed by atoms with Crippen molar-refractivity contribution in [2.75, 3.05) is 0 Å². The van der Waals surface area contributed by atoms with Crippen LogP contribution in [0.1, 0.15) is 52.9 Å². The van der Waals surface area contributed by atoms with Gasteiger partial charge in [-0.05, 0) is 54.8 Å². The van der Waals surface area contributed by atoms with E-state index in [9.17, 15) is 0 Å². The third-order valence-electron chi connectivity index (χ3n) is 5.51. The van der Waals surface area contributed by atoms with Crippen LogP contribution < -0.4 is 0 Å². The van der Waals surface area contributed by atoms with Gasteiger partial charge in [0.15, 0.2) is 0 Å². The van der Waals surface area contributed by atoms with Gasteiger partial charge in [0.25, 0.3) is 0 Å². The zero-order valence-electron chi connectivity index (χ0n) is 10.6. The van der Waals surface area contributed by atoms with Gasteiger partial charge in [0, 0.05) is 0 Å². The summed E-state index contributed by atoms with van der Waals surface area (Å²) in [6.45, 7) is 11.3. The molecular formula is C15H26. The molecule has 4 unspecified atom stereocenters. The lowest BCUT2D eigenvalue weighted by molar-refractivity contribution is -0.121. The average Bonchev–Trinajstić information content (AvgIpc) is 2.25. The van der Waals surface area contributed by atoms with Gasteiger partial charge >= 0.3 is 0 Å². The van der Waals surface area contributed by atoms with Crippen LogP contribution in [0.15, 0.2) is 12.7 Å². The largest absolute Gasteiger partial charge is 0.103 e. The Hall–Kier alpha value is -0.260. The molecule has 0 amide bonds. The van der Waals surface area contributed by atoms with E-state index in [0.29, 0.717) is 5.41 Å². The first-order valence-corrected chi connectivity index (χ1v) is 6.72. The summed E-state index contributed by atoms with van der Waals surface area (Å²) in [6, 6.07) is 0. The molecule has 0 heteroatoms. The fourth-order valence-electron chi connectivity index (χ4n) is 4.29. The van der Waals surface area contributed by atoms with Gasteiger partial charge in [-0.25, -0.2) is 0 Å². The van der Waals surface area contributed by atoms with E-state index in [1.54, 1.807) is 0 Å². The zero-order chi connectivity index (χ0) is 11.1. The fourth-order valence-corrected chi connectivity index (χ4v) is 4.29. The monoisotopic (exact) mass is 206 g/mol. The molecule has 4 atom stereocenters. The molecule has 0 aromatic rings.